The Labute approximate surface area is 105 Å². The summed E-state index contributed by atoms with van der Waals surface area (Å²) in [6, 6.07) is 3.21. The third-order valence-electron chi connectivity index (χ3n) is 3.33. The molecule has 0 aromatic carbocycles. The normalized spacial score (nSPS) is 17.1. The largest absolute Gasteiger partial charge is 0.364 e. The number of nitro groups is 1. The quantitative estimate of drug-likeness (QED) is 0.653. The summed E-state index contributed by atoms with van der Waals surface area (Å²) < 4.78 is 0. The molecule has 1 aromatic rings. The van der Waals surface area contributed by atoms with Crippen LogP contribution in [0, 0.1) is 21.4 Å². The number of hydrogen-bond acceptors (Lipinski definition) is 5. The van der Waals surface area contributed by atoms with Gasteiger partial charge in [-0.1, -0.05) is 12.8 Å². The Morgan fingerprint density at radius 3 is 2.78 bits per heavy atom. The van der Waals surface area contributed by atoms with Crippen LogP contribution >= 0.6 is 0 Å². The van der Waals surface area contributed by atoms with E-state index in [9.17, 15) is 10.1 Å². The Bertz CT molecular complexity index is 515. The van der Waals surface area contributed by atoms with E-state index in [0.29, 0.717) is 5.82 Å². The van der Waals surface area contributed by atoms with Crippen LogP contribution in [0.3, 0.4) is 0 Å². The van der Waals surface area contributed by atoms with Crippen LogP contribution in [-0.2, 0) is 0 Å². The molecule has 0 spiro atoms. The molecule has 1 heterocycles. The number of nitrogens with zero attached hydrogens (tertiary/aromatic N) is 3. The number of pyridine rings is 1. The Morgan fingerprint density at radius 2 is 2.22 bits per heavy atom. The predicted molar refractivity (Wildman–Crippen MR) is 66.1 cm³/mol. The molecular formula is C12H14N4O2. The van der Waals surface area contributed by atoms with Crippen LogP contribution in [-0.4, -0.2) is 15.4 Å². The number of nitriles is 1. The third-order valence-corrected chi connectivity index (χ3v) is 3.33. The summed E-state index contributed by atoms with van der Waals surface area (Å²) in [5.74, 6) is 0.438. The van der Waals surface area contributed by atoms with Crippen LogP contribution in [0.1, 0.15) is 38.2 Å². The molecule has 94 valence electrons. The van der Waals surface area contributed by atoms with Crippen LogP contribution in [0.2, 0.25) is 0 Å². The summed E-state index contributed by atoms with van der Waals surface area (Å²) >= 11 is 0. The van der Waals surface area contributed by atoms with Gasteiger partial charge >= 0.3 is 0 Å². The molecule has 0 amide bonds. The molecular weight excluding hydrogens is 232 g/mol. The average molecular weight is 246 g/mol. The highest BCUT2D eigenvalue weighted by atomic mass is 16.6. The molecule has 0 saturated heterocycles. The van der Waals surface area contributed by atoms with E-state index in [0.717, 1.165) is 25.7 Å². The lowest BCUT2D eigenvalue weighted by molar-refractivity contribution is -0.385. The van der Waals surface area contributed by atoms with Gasteiger partial charge in [0, 0.05) is 11.6 Å². The van der Waals surface area contributed by atoms with Crippen LogP contribution in [0.5, 0.6) is 0 Å². The number of rotatable bonds is 3. The molecule has 1 saturated carbocycles. The minimum absolute atomic E-state index is 0.0608. The van der Waals surface area contributed by atoms with Gasteiger partial charge in [-0.25, -0.2) is 4.98 Å². The maximum absolute atomic E-state index is 10.6. The Kier molecular flexibility index (Phi) is 3.15. The van der Waals surface area contributed by atoms with Crippen LogP contribution in [0.4, 0.5) is 11.5 Å². The molecule has 1 fully saturated rings. The molecule has 0 atom stereocenters. The van der Waals surface area contributed by atoms with Crippen molar-refractivity contribution < 1.29 is 4.92 Å². The van der Waals surface area contributed by atoms with Crippen molar-refractivity contribution in [3.05, 3.63) is 27.9 Å². The zero-order valence-electron chi connectivity index (χ0n) is 10.1. The van der Waals surface area contributed by atoms with E-state index in [1.54, 1.807) is 0 Å². The fourth-order valence-electron chi connectivity index (χ4n) is 2.30. The molecule has 18 heavy (non-hydrogen) atoms. The van der Waals surface area contributed by atoms with Gasteiger partial charge in [-0.2, -0.15) is 5.26 Å². The van der Waals surface area contributed by atoms with Crippen molar-refractivity contribution in [2.75, 3.05) is 5.32 Å². The van der Waals surface area contributed by atoms with E-state index >= 15 is 0 Å². The highest BCUT2D eigenvalue weighted by Crippen LogP contribution is 2.33. The lowest BCUT2D eigenvalue weighted by Gasteiger charge is -2.26. The molecule has 1 N–H and O–H groups in total. The molecule has 0 bridgehead atoms. The molecule has 1 aliphatic carbocycles. The zero-order valence-corrected chi connectivity index (χ0v) is 10.1. The molecule has 0 aliphatic heterocycles. The minimum atomic E-state index is -0.547. The highest BCUT2D eigenvalue weighted by Gasteiger charge is 2.29. The first kappa shape index (κ1) is 12.3. The van der Waals surface area contributed by atoms with E-state index in [1.807, 2.05) is 6.07 Å². The van der Waals surface area contributed by atoms with Crippen molar-refractivity contribution in [2.24, 2.45) is 0 Å². The standard InChI is InChI=1S/C12H14N4O2/c1-12(4-2-3-5-12)15-11-9(7-13)6-10(8-14-11)16(17)18/h6,8H,2-5H2,1H3,(H,14,15). The summed E-state index contributed by atoms with van der Waals surface area (Å²) in [7, 11) is 0. The molecule has 0 radical (unpaired) electrons. The van der Waals surface area contributed by atoms with Gasteiger partial charge in [0.05, 0.1) is 4.92 Å². The summed E-state index contributed by atoms with van der Waals surface area (Å²) in [5, 5.41) is 22.9. The number of nitrogens with one attached hydrogen (secondary N) is 1. The second-order valence-electron chi connectivity index (χ2n) is 4.85. The Balaban J connectivity index is 2.28. The van der Waals surface area contributed by atoms with Gasteiger partial charge in [-0.3, -0.25) is 10.1 Å². The van der Waals surface area contributed by atoms with Crippen LogP contribution in [0.15, 0.2) is 12.3 Å². The monoisotopic (exact) mass is 246 g/mol. The van der Waals surface area contributed by atoms with Crippen molar-refractivity contribution >= 4 is 11.5 Å². The minimum Gasteiger partial charge on any atom is -0.364 e. The number of hydrogen-bond donors (Lipinski definition) is 1. The molecule has 6 heteroatoms. The van der Waals surface area contributed by atoms with E-state index < -0.39 is 4.92 Å². The van der Waals surface area contributed by atoms with E-state index in [2.05, 4.69) is 17.2 Å². The second-order valence-corrected chi connectivity index (χ2v) is 4.85. The number of anilines is 1. The van der Waals surface area contributed by atoms with Crippen molar-refractivity contribution in [3.63, 3.8) is 0 Å². The fraction of sp³-hybridized carbons (Fsp3) is 0.500. The third kappa shape index (κ3) is 2.40. The van der Waals surface area contributed by atoms with E-state index in [-0.39, 0.29) is 16.8 Å². The summed E-state index contributed by atoms with van der Waals surface area (Å²) in [4.78, 5) is 14.1. The highest BCUT2D eigenvalue weighted by molar-refractivity contribution is 5.56. The van der Waals surface area contributed by atoms with Gasteiger partial charge in [0.2, 0.25) is 0 Å². The fourth-order valence-corrected chi connectivity index (χ4v) is 2.30. The summed E-state index contributed by atoms with van der Waals surface area (Å²) in [6.45, 7) is 2.09. The van der Waals surface area contributed by atoms with Gasteiger partial charge in [0.15, 0.2) is 0 Å². The van der Waals surface area contributed by atoms with Gasteiger partial charge in [0.25, 0.3) is 5.69 Å². The SMILES string of the molecule is CC1(Nc2ncc([N+](=O)[O-])cc2C#N)CCCC1. The van der Waals surface area contributed by atoms with Crippen molar-refractivity contribution in [2.45, 2.75) is 38.1 Å². The summed E-state index contributed by atoms with van der Waals surface area (Å²) in [6.07, 6.45) is 5.53. The molecule has 1 aromatic heterocycles. The van der Waals surface area contributed by atoms with Crippen LogP contribution in [0.25, 0.3) is 0 Å². The Morgan fingerprint density at radius 1 is 1.56 bits per heavy atom. The van der Waals surface area contributed by atoms with Crippen LogP contribution < -0.4 is 5.32 Å². The average Bonchev–Trinajstić information content (AvgIpc) is 2.76. The van der Waals surface area contributed by atoms with Gasteiger partial charge in [-0.15, -0.1) is 0 Å². The first-order chi connectivity index (χ1) is 8.54. The molecule has 0 unspecified atom stereocenters. The first-order valence-electron chi connectivity index (χ1n) is 5.87. The molecule has 1 aliphatic rings. The van der Waals surface area contributed by atoms with Crippen molar-refractivity contribution in [1.82, 2.24) is 4.98 Å². The summed E-state index contributed by atoms with van der Waals surface area (Å²) in [5.41, 5.74) is 0.000330. The van der Waals surface area contributed by atoms with Crippen molar-refractivity contribution in [1.29, 1.82) is 5.26 Å². The predicted octanol–water partition coefficient (Wildman–Crippen LogP) is 2.61. The maximum Gasteiger partial charge on any atom is 0.289 e. The van der Waals surface area contributed by atoms with Gasteiger partial charge < -0.3 is 5.32 Å². The smallest absolute Gasteiger partial charge is 0.289 e. The lowest BCUT2D eigenvalue weighted by atomic mass is 10.0. The van der Waals surface area contributed by atoms with E-state index in [1.165, 1.54) is 12.3 Å². The number of aromatic nitrogens is 1. The Hall–Kier alpha value is -2.16. The van der Waals surface area contributed by atoms with Gasteiger partial charge in [-0.05, 0) is 19.8 Å². The zero-order chi connectivity index (χ0) is 13.2. The maximum atomic E-state index is 10.6. The molecule has 6 nitrogen and oxygen atoms in total. The van der Waals surface area contributed by atoms with E-state index in [4.69, 9.17) is 5.26 Å². The van der Waals surface area contributed by atoms with Crippen molar-refractivity contribution in [3.8, 4) is 6.07 Å². The van der Waals surface area contributed by atoms with Gasteiger partial charge in [0.1, 0.15) is 23.6 Å². The lowest BCUT2D eigenvalue weighted by Crippen LogP contribution is -2.31. The molecule has 2 rings (SSSR count). The second kappa shape index (κ2) is 4.61. The first-order valence-corrected chi connectivity index (χ1v) is 5.87. The topological polar surface area (TPSA) is 91.8 Å².